The Balaban J connectivity index is 2.62. The molecule has 0 spiro atoms. The minimum absolute atomic E-state index is 0.530. The van der Waals surface area contributed by atoms with Gasteiger partial charge in [0.2, 0.25) is 6.41 Å². The van der Waals surface area contributed by atoms with E-state index >= 15 is 0 Å². The van der Waals surface area contributed by atoms with Crippen LogP contribution in [0.1, 0.15) is 16.7 Å². The Morgan fingerprint density at radius 1 is 1.16 bits per heavy atom. The van der Waals surface area contributed by atoms with Crippen LogP contribution in [-0.2, 0) is 11.3 Å². The lowest BCUT2D eigenvalue weighted by molar-refractivity contribution is -0.110. The van der Waals surface area contributed by atoms with E-state index < -0.39 is 0 Å². The molecule has 0 aliphatic rings. The minimum Gasteiger partial charge on any atom is -0.294 e. The van der Waals surface area contributed by atoms with Crippen LogP contribution in [0.25, 0.3) is 22.9 Å². The Morgan fingerprint density at radius 2 is 1.95 bits per heavy atom. The van der Waals surface area contributed by atoms with Gasteiger partial charge in [0, 0.05) is 6.54 Å². The second kappa shape index (κ2) is 5.98. The van der Waals surface area contributed by atoms with Gasteiger partial charge < -0.3 is 0 Å². The molecule has 0 bridgehead atoms. The topological polar surface area (TPSA) is 41.1 Å². The molecule has 0 atom stereocenters. The Hall–Kier alpha value is -2.39. The van der Waals surface area contributed by atoms with E-state index in [1.165, 1.54) is 0 Å². The number of benzene rings is 2. The third kappa shape index (κ3) is 2.56. The first-order valence-corrected chi connectivity index (χ1v) is 6.03. The van der Waals surface area contributed by atoms with Crippen LogP contribution in [0.4, 0.5) is 0 Å². The van der Waals surface area contributed by atoms with E-state index in [0.717, 1.165) is 27.5 Å². The van der Waals surface area contributed by atoms with Gasteiger partial charge in [-0.3, -0.25) is 10.2 Å². The second-order valence-electron chi connectivity index (χ2n) is 4.10. The molecular weight excluding hydrogens is 236 g/mol. The Morgan fingerprint density at radius 3 is 2.63 bits per heavy atom. The normalized spacial score (nSPS) is 10.1. The molecule has 0 aliphatic carbocycles. The molecule has 2 aromatic rings. The van der Waals surface area contributed by atoms with Crippen LogP contribution in [-0.4, -0.2) is 6.41 Å². The Kier molecular flexibility index (Phi) is 4.11. The molecule has 2 N–H and O–H groups in total. The maximum absolute atomic E-state index is 10.3. The molecular formula is C16H16N2O. The average molecular weight is 252 g/mol. The third-order valence-electron chi connectivity index (χ3n) is 3.08. The number of rotatable bonds is 6. The summed E-state index contributed by atoms with van der Waals surface area (Å²) in [5, 5.41) is 2.29. The molecule has 19 heavy (non-hydrogen) atoms. The summed E-state index contributed by atoms with van der Waals surface area (Å²) in [5.74, 6) is 0. The van der Waals surface area contributed by atoms with E-state index in [9.17, 15) is 4.79 Å². The van der Waals surface area contributed by atoms with Crippen molar-refractivity contribution in [2.24, 2.45) is 0 Å². The molecule has 3 heteroatoms. The lowest BCUT2D eigenvalue weighted by Crippen LogP contribution is -2.29. The fourth-order valence-electron chi connectivity index (χ4n) is 2.24. The summed E-state index contributed by atoms with van der Waals surface area (Å²) in [6, 6.07) is 10.2. The molecule has 2 aromatic carbocycles. The highest BCUT2D eigenvalue weighted by molar-refractivity contribution is 5.92. The zero-order valence-corrected chi connectivity index (χ0v) is 10.6. The van der Waals surface area contributed by atoms with Crippen LogP contribution >= 0.6 is 0 Å². The van der Waals surface area contributed by atoms with Crippen LogP contribution in [0.5, 0.6) is 0 Å². The van der Waals surface area contributed by atoms with Gasteiger partial charge in [-0.05, 0) is 33.5 Å². The van der Waals surface area contributed by atoms with Crippen molar-refractivity contribution in [1.29, 1.82) is 0 Å². The molecule has 2 rings (SSSR count). The van der Waals surface area contributed by atoms with Crippen LogP contribution in [0, 0.1) is 0 Å². The van der Waals surface area contributed by atoms with Gasteiger partial charge in [-0.2, -0.15) is 0 Å². The zero-order chi connectivity index (χ0) is 13.7. The molecule has 0 saturated carbocycles. The molecule has 0 aromatic heterocycles. The van der Waals surface area contributed by atoms with Crippen molar-refractivity contribution in [2.45, 2.75) is 6.54 Å². The predicted molar refractivity (Wildman–Crippen MR) is 80.2 cm³/mol. The number of nitrogens with one attached hydrogen (secondary N) is 2. The van der Waals surface area contributed by atoms with E-state index in [-0.39, 0.29) is 0 Å². The first-order chi connectivity index (χ1) is 9.31. The standard InChI is InChI=1S/C16H16N2O/c1-3-12-9-13-7-5-6-8-15(13)16(14(12)4-2)10-17-18-11-19/h3-9,11,17H,1-2,10H2,(H,18,19). The lowest BCUT2D eigenvalue weighted by Gasteiger charge is -2.14. The maximum Gasteiger partial charge on any atom is 0.221 e. The first-order valence-electron chi connectivity index (χ1n) is 6.03. The van der Waals surface area contributed by atoms with Crippen molar-refractivity contribution in [3.63, 3.8) is 0 Å². The van der Waals surface area contributed by atoms with Gasteiger partial charge in [-0.25, -0.2) is 5.43 Å². The number of amides is 1. The fraction of sp³-hybridized carbons (Fsp3) is 0.0625. The Labute approximate surface area is 112 Å². The summed E-state index contributed by atoms with van der Waals surface area (Å²) in [4.78, 5) is 10.3. The molecule has 0 heterocycles. The predicted octanol–water partition coefficient (Wildman–Crippen LogP) is 2.88. The highest BCUT2D eigenvalue weighted by atomic mass is 16.1. The number of carbonyl (C=O) groups excluding carboxylic acids is 1. The number of hydrogen-bond acceptors (Lipinski definition) is 2. The monoisotopic (exact) mass is 252 g/mol. The largest absolute Gasteiger partial charge is 0.294 e. The molecule has 96 valence electrons. The molecule has 0 fully saturated rings. The molecule has 0 unspecified atom stereocenters. The van der Waals surface area contributed by atoms with Crippen molar-refractivity contribution in [3.05, 3.63) is 60.2 Å². The smallest absolute Gasteiger partial charge is 0.221 e. The number of hydrogen-bond donors (Lipinski definition) is 2. The summed E-state index contributed by atoms with van der Waals surface area (Å²) in [7, 11) is 0. The van der Waals surface area contributed by atoms with Gasteiger partial charge in [0.15, 0.2) is 0 Å². The molecule has 0 aliphatic heterocycles. The summed E-state index contributed by atoms with van der Waals surface area (Å²) < 4.78 is 0. The van der Waals surface area contributed by atoms with Crippen LogP contribution in [0.3, 0.4) is 0 Å². The van der Waals surface area contributed by atoms with Crippen molar-refractivity contribution < 1.29 is 4.79 Å². The van der Waals surface area contributed by atoms with Crippen LogP contribution < -0.4 is 10.9 Å². The summed E-state index contributed by atoms with van der Waals surface area (Å²) in [6.45, 7) is 8.24. The van der Waals surface area contributed by atoms with Gasteiger partial charge >= 0.3 is 0 Å². The van der Waals surface area contributed by atoms with Gasteiger partial charge in [0.05, 0.1) is 0 Å². The highest BCUT2D eigenvalue weighted by Crippen LogP contribution is 2.27. The minimum atomic E-state index is 0.530. The molecule has 3 nitrogen and oxygen atoms in total. The van der Waals surface area contributed by atoms with Crippen molar-refractivity contribution in [3.8, 4) is 0 Å². The van der Waals surface area contributed by atoms with E-state index in [4.69, 9.17) is 0 Å². The van der Waals surface area contributed by atoms with Gasteiger partial charge in [0.1, 0.15) is 0 Å². The van der Waals surface area contributed by atoms with E-state index in [0.29, 0.717) is 13.0 Å². The Bertz CT molecular complexity index is 632. The highest BCUT2D eigenvalue weighted by Gasteiger charge is 2.09. The van der Waals surface area contributed by atoms with Crippen molar-refractivity contribution in [1.82, 2.24) is 10.9 Å². The number of hydrazine groups is 1. The van der Waals surface area contributed by atoms with E-state index in [1.54, 1.807) is 0 Å². The summed E-state index contributed by atoms with van der Waals surface area (Å²) >= 11 is 0. The van der Waals surface area contributed by atoms with E-state index in [2.05, 4.69) is 42.2 Å². The number of carbonyl (C=O) groups is 1. The number of fused-ring (bicyclic) bond motifs is 1. The van der Waals surface area contributed by atoms with Gasteiger partial charge in [-0.15, -0.1) is 0 Å². The van der Waals surface area contributed by atoms with E-state index in [1.807, 2.05) is 24.3 Å². The summed E-state index contributed by atoms with van der Waals surface area (Å²) in [5.41, 5.74) is 8.50. The zero-order valence-electron chi connectivity index (χ0n) is 10.6. The third-order valence-corrected chi connectivity index (χ3v) is 3.08. The van der Waals surface area contributed by atoms with Gasteiger partial charge in [0.25, 0.3) is 0 Å². The molecule has 0 saturated heterocycles. The van der Waals surface area contributed by atoms with Crippen molar-refractivity contribution >= 4 is 29.3 Å². The van der Waals surface area contributed by atoms with Crippen LogP contribution in [0.15, 0.2) is 43.5 Å². The van der Waals surface area contributed by atoms with Gasteiger partial charge in [-0.1, -0.05) is 49.6 Å². The molecule has 1 amide bonds. The average Bonchev–Trinajstić information content (AvgIpc) is 2.46. The lowest BCUT2D eigenvalue weighted by atomic mass is 9.94. The summed E-state index contributed by atoms with van der Waals surface area (Å²) in [6.07, 6.45) is 4.26. The fourth-order valence-corrected chi connectivity index (χ4v) is 2.24. The SMILES string of the molecule is C=Cc1cc2ccccc2c(CNNC=O)c1C=C. The first kappa shape index (κ1) is 13.1. The molecule has 0 radical (unpaired) electrons. The second-order valence-corrected chi connectivity index (χ2v) is 4.10. The van der Waals surface area contributed by atoms with Crippen molar-refractivity contribution in [2.75, 3.05) is 0 Å². The maximum atomic E-state index is 10.3. The quantitative estimate of drug-likeness (QED) is 0.471. The van der Waals surface area contributed by atoms with Crippen LogP contribution in [0.2, 0.25) is 0 Å².